The van der Waals surface area contributed by atoms with Crippen molar-refractivity contribution in [1.29, 1.82) is 0 Å². The van der Waals surface area contributed by atoms with Gasteiger partial charge in [0.1, 0.15) is 11.4 Å². The molecule has 0 spiro atoms. The van der Waals surface area contributed by atoms with Gasteiger partial charge in [-0.1, -0.05) is 13.0 Å². The lowest BCUT2D eigenvalue weighted by molar-refractivity contribution is -0.143. The third-order valence-corrected chi connectivity index (χ3v) is 4.69. The molecule has 7 heteroatoms. The molecule has 2 heterocycles. The zero-order valence-corrected chi connectivity index (χ0v) is 15.2. The third-order valence-electron chi connectivity index (χ3n) is 4.69. The van der Waals surface area contributed by atoms with Crippen molar-refractivity contribution in [1.82, 2.24) is 14.7 Å². The first-order chi connectivity index (χ1) is 12.4. The summed E-state index contributed by atoms with van der Waals surface area (Å²) in [5.74, 6) is -0.817. The smallest absolute Gasteiger partial charge is 0.308 e. The van der Waals surface area contributed by atoms with Crippen LogP contribution in [0.15, 0.2) is 30.5 Å². The normalized spacial score (nSPS) is 20.0. The molecule has 138 valence electrons. The number of methoxy groups -OCH3 is 1. The number of carbonyl (C=O) groups is 2. The van der Waals surface area contributed by atoms with Crippen molar-refractivity contribution in [2.45, 2.75) is 20.3 Å². The molecule has 0 saturated carbocycles. The molecule has 1 aliphatic rings. The van der Waals surface area contributed by atoms with E-state index in [1.54, 1.807) is 29.0 Å². The highest BCUT2D eigenvalue weighted by atomic mass is 16.5. The lowest BCUT2D eigenvalue weighted by atomic mass is 9.90. The number of hydrogen-bond donors (Lipinski definition) is 1. The first-order valence-corrected chi connectivity index (χ1v) is 8.61. The summed E-state index contributed by atoms with van der Waals surface area (Å²) in [7, 11) is 1.59. The number of benzene rings is 1. The van der Waals surface area contributed by atoms with Gasteiger partial charge in [0.25, 0.3) is 5.91 Å². The average Bonchev–Trinajstić information content (AvgIpc) is 3.10. The highest BCUT2D eigenvalue weighted by Crippen LogP contribution is 2.25. The number of carboxylic acids is 1. The van der Waals surface area contributed by atoms with E-state index in [4.69, 9.17) is 4.74 Å². The maximum absolute atomic E-state index is 12.8. The summed E-state index contributed by atoms with van der Waals surface area (Å²) < 4.78 is 6.99. The number of piperidine rings is 1. The number of carbonyl (C=O) groups excluding carboxylic acids is 1. The molecule has 26 heavy (non-hydrogen) atoms. The van der Waals surface area contributed by atoms with Crippen molar-refractivity contribution >= 4 is 11.9 Å². The van der Waals surface area contributed by atoms with Crippen LogP contribution >= 0.6 is 0 Å². The number of amides is 1. The lowest BCUT2D eigenvalue weighted by Crippen LogP contribution is -2.45. The van der Waals surface area contributed by atoms with E-state index in [0.29, 0.717) is 24.4 Å². The van der Waals surface area contributed by atoms with Crippen LogP contribution in [-0.4, -0.2) is 51.9 Å². The van der Waals surface area contributed by atoms with Crippen LogP contribution in [0.1, 0.15) is 29.4 Å². The predicted molar refractivity (Wildman–Crippen MR) is 95.7 cm³/mol. The van der Waals surface area contributed by atoms with Gasteiger partial charge in [-0.05, 0) is 43.0 Å². The fraction of sp³-hybridized carbons (Fsp3) is 0.421. The second-order valence-electron chi connectivity index (χ2n) is 6.91. The number of likely N-dealkylation sites (tertiary alicyclic amines) is 1. The van der Waals surface area contributed by atoms with Gasteiger partial charge in [0.2, 0.25) is 0 Å². The van der Waals surface area contributed by atoms with Crippen LogP contribution in [0.25, 0.3) is 5.69 Å². The average molecular weight is 357 g/mol. The zero-order valence-electron chi connectivity index (χ0n) is 15.2. The van der Waals surface area contributed by atoms with Gasteiger partial charge >= 0.3 is 5.97 Å². The van der Waals surface area contributed by atoms with E-state index < -0.39 is 11.9 Å². The Bertz CT molecular complexity index is 830. The topological polar surface area (TPSA) is 84.7 Å². The van der Waals surface area contributed by atoms with Crippen molar-refractivity contribution < 1.29 is 19.4 Å². The summed E-state index contributed by atoms with van der Waals surface area (Å²) in [6, 6.07) is 7.39. The Morgan fingerprint density at radius 2 is 2.04 bits per heavy atom. The molecule has 0 aliphatic carbocycles. The van der Waals surface area contributed by atoms with E-state index in [1.807, 2.05) is 32.0 Å². The van der Waals surface area contributed by atoms with E-state index in [2.05, 4.69) is 5.10 Å². The van der Waals surface area contributed by atoms with Crippen LogP contribution in [0.5, 0.6) is 5.75 Å². The monoisotopic (exact) mass is 357 g/mol. The molecule has 3 rings (SSSR count). The Hall–Kier alpha value is -2.83. The van der Waals surface area contributed by atoms with Gasteiger partial charge in [-0.3, -0.25) is 9.59 Å². The maximum atomic E-state index is 12.8. The second kappa shape index (κ2) is 7.19. The summed E-state index contributed by atoms with van der Waals surface area (Å²) in [4.78, 5) is 25.7. The lowest BCUT2D eigenvalue weighted by Gasteiger charge is -2.34. The summed E-state index contributed by atoms with van der Waals surface area (Å²) in [5, 5.41) is 13.7. The zero-order chi connectivity index (χ0) is 18.8. The standard InChI is InChI=1S/C19H23N3O4/c1-12-4-5-17(26-3)16(9-12)22-7-6-15(20-22)18(23)21-10-13(2)8-14(11-21)19(24)25/h4-7,9,13-14H,8,10-11H2,1-3H3,(H,24,25). The molecule has 1 aliphatic heterocycles. The Labute approximate surface area is 152 Å². The Morgan fingerprint density at radius 3 is 2.73 bits per heavy atom. The molecule has 7 nitrogen and oxygen atoms in total. The molecule has 1 N–H and O–H groups in total. The number of aliphatic carboxylic acids is 1. The van der Waals surface area contributed by atoms with Crippen LogP contribution in [0.4, 0.5) is 0 Å². The SMILES string of the molecule is COc1ccc(C)cc1-n1ccc(C(=O)N2CC(C)CC(C(=O)O)C2)n1. The van der Waals surface area contributed by atoms with Crippen LogP contribution in [0.3, 0.4) is 0 Å². The van der Waals surface area contributed by atoms with E-state index >= 15 is 0 Å². The molecular formula is C19H23N3O4. The van der Waals surface area contributed by atoms with E-state index in [0.717, 1.165) is 11.3 Å². The molecule has 1 aromatic carbocycles. The largest absolute Gasteiger partial charge is 0.494 e. The van der Waals surface area contributed by atoms with Gasteiger partial charge in [0, 0.05) is 19.3 Å². The van der Waals surface area contributed by atoms with Crippen LogP contribution < -0.4 is 4.74 Å². The number of ether oxygens (including phenoxy) is 1. The van der Waals surface area contributed by atoms with Crippen molar-refractivity contribution in [2.75, 3.05) is 20.2 Å². The minimum absolute atomic E-state index is 0.146. The Balaban J connectivity index is 1.84. The molecule has 0 radical (unpaired) electrons. The first kappa shape index (κ1) is 18.0. The van der Waals surface area contributed by atoms with Crippen LogP contribution in [0, 0.1) is 18.8 Å². The Kier molecular flexibility index (Phi) is 4.97. The molecule has 1 fully saturated rings. The predicted octanol–water partition coefficient (Wildman–Crippen LogP) is 2.37. The van der Waals surface area contributed by atoms with Gasteiger partial charge < -0.3 is 14.7 Å². The third kappa shape index (κ3) is 3.56. The summed E-state index contributed by atoms with van der Waals surface area (Å²) in [6.07, 6.45) is 2.31. The molecule has 2 atom stereocenters. The van der Waals surface area contributed by atoms with E-state index in [9.17, 15) is 14.7 Å². The summed E-state index contributed by atoms with van der Waals surface area (Å²) in [6.45, 7) is 4.70. The fourth-order valence-electron chi connectivity index (χ4n) is 3.41. The second-order valence-corrected chi connectivity index (χ2v) is 6.91. The quantitative estimate of drug-likeness (QED) is 0.908. The first-order valence-electron chi connectivity index (χ1n) is 8.61. The molecule has 1 amide bonds. The molecule has 1 saturated heterocycles. The van der Waals surface area contributed by atoms with Crippen LogP contribution in [-0.2, 0) is 4.79 Å². The number of aryl methyl sites for hydroxylation is 1. The fourth-order valence-corrected chi connectivity index (χ4v) is 3.41. The summed E-state index contributed by atoms with van der Waals surface area (Å²) >= 11 is 0. The van der Waals surface area contributed by atoms with E-state index in [1.165, 1.54) is 0 Å². The van der Waals surface area contributed by atoms with Crippen molar-refractivity contribution in [3.63, 3.8) is 0 Å². The van der Waals surface area contributed by atoms with Crippen molar-refractivity contribution in [3.8, 4) is 11.4 Å². The number of nitrogens with zero attached hydrogens (tertiary/aromatic N) is 3. The molecule has 1 aromatic heterocycles. The number of carboxylic acid groups (broad SMARTS) is 1. The highest BCUT2D eigenvalue weighted by Gasteiger charge is 2.33. The van der Waals surface area contributed by atoms with Gasteiger partial charge in [-0.25, -0.2) is 4.68 Å². The Morgan fingerprint density at radius 1 is 1.27 bits per heavy atom. The maximum Gasteiger partial charge on any atom is 0.308 e. The minimum Gasteiger partial charge on any atom is -0.494 e. The minimum atomic E-state index is -0.857. The van der Waals surface area contributed by atoms with Crippen molar-refractivity contribution in [2.24, 2.45) is 11.8 Å². The molecule has 0 bridgehead atoms. The number of aromatic nitrogens is 2. The van der Waals surface area contributed by atoms with Crippen molar-refractivity contribution in [3.05, 3.63) is 41.7 Å². The number of hydrogen-bond acceptors (Lipinski definition) is 4. The van der Waals surface area contributed by atoms with Gasteiger partial charge in [0.05, 0.1) is 13.0 Å². The van der Waals surface area contributed by atoms with Gasteiger partial charge in [-0.15, -0.1) is 0 Å². The summed E-state index contributed by atoms with van der Waals surface area (Å²) in [5.41, 5.74) is 2.10. The van der Waals surface area contributed by atoms with Gasteiger partial charge in [-0.2, -0.15) is 5.10 Å². The molecule has 2 unspecified atom stereocenters. The van der Waals surface area contributed by atoms with Crippen LogP contribution in [0.2, 0.25) is 0 Å². The number of rotatable bonds is 4. The highest BCUT2D eigenvalue weighted by molar-refractivity contribution is 5.92. The molecular weight excluding hydrogens is 334 g/mol. The molecule has 2 aromatic rings. The van der Waals surface area contributed by atoms with E-state index in [-0.39, 0.29) is 18.4 Å². The van der Waals surface area contributed by atoms with Gasteiger partial charge in [0.15, 0.2) is 5.69 Å².